The third-order valence-corrected chi connectivity index (χ3v) is 2.82. The summed E-state index contributed by atoms with van der Waals surface area (Å²) >= 11 is 0. The van der Waals surface area contributed by atoms with Gasteiger partial charge in [-0.05, 0) is 45.6 Å². The Morgan fingerprint density at radius 3 is 2.53 bits per heavy atom. The van der Waals surface area contributed by atoms with E-state index in [9.17, 15) is 9.90 Å². The van der Waals surface area contributed by atoms with E-state index in [1.54, 1.807) is 19.1 Å². The lowest BCUT2D eigenvalue weighted by atomic mass is 9.93. The Kier molecular flexibility index (Phi) is 7.05. The lowest BCUT2D eigenvalue weighted by Crippen LogP contribution is -2.20. The fraction of sp³-hybridized carbons (Fsp3) is 0.667. The molecule has 0 aliphatic rings. The Bertz CT molecular complexity index is 283. The number of carbonyl (C=O) groups excluding carboxylic acids is 1. The predicted octanol–water partition coefficient (Wildman–Crippen LogP) is 3.66. The molecule has 2 atom stereocenters. The normalized spacial score (nSPS) is 15.8. The Hall–Kier alpha value is -0.890. The number of hydrogen-bond donors (Lipinski definition) is 1. The summed E-state index contributed by atoms with van der Waals surface area (Å²) < 4.78 is 0. The number of allylic oxidation sites excluding steroid dienone is 2. The lowest BCUT2D eigenvalue weighted by molar-refractivity contribution is -0.115. The summed E-state index contributed by atoms with van der Waals surface area (Å²) in [6.45, 7) is 11.3. The average Bonchev–Trinajstić information content (AvgIpc) is 2.15. The van der Waals surface area contributed by atoms with E-state index in [1.807, 2.05) is 13.8 Å². The second kappa shape index (κ2) is 7.44. The molecule has 2 nitrogen and oxygen atoms in total. The molecule has 1 N–H and O–H groups in total. The molecule has 0 saturated carbocycles. The third-order valence-electron chi connectivity index (χ3n) is 2.82. The highest BCUT2D eigenvalue weighted by atomic mass is 16.3. The molecule has 0 saturated heterocycles. The third kappa shape index (κ3) is 8.87. The van der Waals surface area contributed by atoms with E-state index in [2.05, 4.69) is 13.5 Å². The number of carbonyl (C=O) groups is 1. The highest BCUT2D eigenvalue weighted by molar-refractivity contribution is 5.90. The summed E-state index contributed by atoms with van der Waals surface area (Å²) in [5, 5.41) is 9.74. The van der Waals surface area contributed by atoms with Crippen LogP contribution in [0.25, 0.3) is 0 Å². The standard InChI is InChI=1S/C15H26O2/c1-6-15(5,17)9-7-8-13(4)11-14(16)10-12(2)3/h6,10,13,17H,1,7-9,11H2,2-5H3. The number of rotatable bonds is 8. The van der Waals surface area contributed by atoms with Crippen LogP contribution in [0.15, 0.2) is 24.3 Å². The molecule has 0 aromatic heterocycles. The van der Waals surface area contributed by atoms with Gasteiger partial charge in [-0.3, -0.25) is 4.79 Å². The molecule has 0 aliphatic carbocycles. The molecule has 0 radical (unpaired) electrons. The molecular formula is C15H26O2. The van der Waals surface area contributed by atoms with Crippen LogP contribution in [-0.4, -0.2) is 16.5 Å². The second-order valence-electron chi connectivity index (χ2n) is 5.45. The van der Waals surface area contributed by atoms with E-state index in [-0.39, 0.29) is 5.78 Å². The smallest absolute Gasteiger partial charge is 0.155 e. The maximum absolute atomic E-state index is 11.5. The van der Waals surface area contributed by atoms with Gasteiger partial charge in [0.25, 0.3) is 0 Å². The number of ketones is 1. The van der Waals surface area contributed by atoms with Crippen LogP contribution >= 0.6 is 0 Å². The maximum atomic E-state index is 11.5. The van der Waals surface area contributed by atoms with Crippen molar-refractivity contribution in [1.29, 1.82) is 0 Å². The minimum atomic E-state index is -0.774. The molecular weight excluding hydrogens is 212 g/mol. The van der Waals surface area contributed by atoms with Gasteiger partial charge in [0, 0.05) is 6.42 Å². The predicted molar refractivity (Wildman–Crippen MR) is 72.9 cm³/mol. The van der Waals surface area contributed by atoms with Crippen molar-refractivity contribution in [2.75, 3.05) is 0 Å². The van der Waals surface area contributed by atoms with Crippen molar-refractivity contribution in [3.63, 3.8) is 0 Å². The Balaban J connectivity index is 3.88. The van der Waals surface area contributed by atoms with Gasteiger partial charge in [-0.2, -0.15) is 0 Å². The van der Waals surface area contributed by atoms with Crippen LogP contribution in [0.5, 0.6) is 0 Å². The van der Waals surface area contributed by atoms with Gasteiger partial charge in [0.15, 0.2) is 5.78 Å². The van der Waals surface area contributed by atoms with Crippen LogP contribution in [0, 0.1) is 5.92 Å². The molecule has 0 aromatic carbocycles. The largest absolute Gasteiger partial charge is 0.386 e. The van der Waals surface area contributed by atoms with Crippen molar-refractivity contribution < 1.29 is 9.90 Å². The van der Waals surface area contributed by atoms with E-state index >= 15 is 0 Å². The van der Waals surface area contributed by atoms with Crippen molar-refractivity contribution in [1.82, 2.24) is 0 Å². The van der Waals surface area contributed by atoms with Gasteiger partial charge in [-0.1, -0.05) is 25.0 Å². The molecule has 0 amide bonds. The summed E-state index contributed by atoms with van der Waals surface area (Å²) in [5.74, 6) is 0.576. The number of aliphatic hydroxyl groups is 1. The van der Waals surface area contributed by atoms with Crippen molar-refractivity contribution in [2.45, 2.75) is 59.0 Å². The highest BCUT2D eigenvalue weighted by Gasteiger charge is 2.15. The van der Waals surface area contributed by atoms with Crippen LogP contribution in [-0.2, 0) is 4.79 Å². The molecule has 2 unspecified atom stereocenters. The van der Waals surface area contributed by atoms with Gasteiger partial charge in [-0.15, -0.1) is 6.58 Å². The average molecular weight is 238 g/mol. The van der Waals surface area contributed by atoms with E-state index < -0.39 is 5.60 Å². The Morgan fingerprint density at radius 1 is 1.47 bits per heavy atom. The zero-order valence-corrected chi connectivity index (χ0v) is 11.6. The monoisotopic (exact) mass is 238 g/mol. The van der Waals surface area contributed by atoms with Gasteiger partial charge in [0.2, 0.25) is 0 Å². The molecule has 2 heteroatoms. The van der Waals surface area contributed by atoms with Crippen LogP contribution in [0.4, 0.5) is 0 Å². The molecule has 0 aromatic rings. The molecule has 17 heavy (non-hydrogen) atoms. The maximum Gasteiger partial charge on any atom is 0.155 e. The van der Waals surface area contributed by atoms with Gasteiger partial charge in [-0.25, -0.2) is 0 Å². The van der Waals surface area contributed by atoms with E-state index in [0.29, 0.717) is 18.8 Å². The van der Waals surface area contributed by atoms with Crippen molar-refractivity contribution in [3.8, 4) is 0 Å². The SMILES string of the molecule is C=CC(C)(O)CCCC(C)CC(=O)C=C(C)C. The first-order chi connectivity index (χ1) is 7.76. The quantitative estimate of drug-likeness (QED) is 0.517. The van der Waals surface area contributed by atoms with E-state index in [0.717, 1.165) is 18.4 Å². The van der Waals surface area contributed by atoms with Crippen molar-refractivity contribution >= 4 is 5.78 Å². The van der Waals surface area contributed by atoms with E-state index in [1.165, 1.54) is 0 Å². The summed E-state index contributed by atoms with van der Waals surface area (Å²) in [4.78, 5) is 11.5. The summed E-state index contributed by atoms with van der Waals surface area (Å²) in [6, 6.07) is 0. The Morgan fingerprint density at radius 2 is 2.06 bits per heavy atom. The first kappa shape index (κ1) is 16.1. The minimum absolute atomic E-state index is 0.202. The van der Waals surface area contributed by atoms with Crippen molar-refractivity contribution in [3.05, 3.63) is 24.3 Å². The molecule has 0 aliphatic heterocycles. The summed E-state index contributed by atoms with van der Waals surface area (Å²) in [7, 11) is 0. The topological polar surface area (TPSA) is 37.3 Å². The molecule has 0 spiro atoms. The van der Waals surface area contributed by atoms with Gasteiger partial charge in [0.1, 0.15) is 0 Å². The molecule has 0 bridgehead atoms. The van der Waals surface area contributed by atoms with E-state index in [4.69, 9.17) is 0 Å². The molecule has 0 rings (SSSR count). The minimum Gasteiger partial charge on any atom is -0.386 e. The highest BCUT2D eigenvalue weighted by Crippen LogP contribution is 2.19. The first-order valence-corrected chi connectivity index (χ1v) is 6.30. The van der Waals surface area contributed by atoms with Gasteiger partial charge < -0.3 is 5.11 Å². The molecule has 98 valence electrons. The molecule has 0 fully saturated rings. The fourth-order valence-electron chi connectivity index (χ4n) is 1.74. The van der Waals surface area contributed by atoms with Gasteiger partial charge >= 0.3 is 0 Å². The molecule has 0 heterocycles. The van der Waals surface area contributed by atoms with Crippen LogP contribution in [0.1, 0.15) is 53.4 Å². The number of hydrogen-bond acceptors (Lipinski definition) is 2. The van der Waals surface area contributed by atoms with Crippen LogP contribution < -0.4 is 0 Å². The van der Waals surface area contributed by atoms with Crippen molar-refractivity contribution in [2.24, 2.45) is 5.92 Å². The summed E-state index contributed by atoms with van der Waals surface area (Å²) in [6.07, 6.45) is 6.47. The van der Waals surface area contributed by atoms with Crippen LogP contribution in [0.2, 0.25) is 0 Å². The summed E-state index contributed by atoms with van der Waals surface area (Å²) in [5.41, 5.74) is 0.278. The van der Waals surface area contributed by atoms with Gasteiger partial charge in [0.05, 0.1) is 5.60 Å². The van der Waals surface area contributed by atoms with Crippen LogP contribution in [0.3, 0.4) is 0 Å². The zero-order chi connectivity index (χ0) is 13.5. The Labute approximate surface area is 105 Å². The fourth-order valence-corrected chi connectivity index (χ4v) is 1.74. The second-order valence-corrected chi connectivity index (χ2v) is 5.45. The first-order valence-electron chi connectivity index (χ1n) is 6.30. The lowest BCUT2D eigenvalue weighted by Gasteiger charge is -2.19. The zero-order valence-electron chi connectivity index (χ0n) is 11.6.